The third-order valence-electron chi connectivity index (χ3n) is 2.97. The summed E-state index contributed by atoms with van der Waals surface area (Å²) in [5.41, 5.74) is 4.46. The molecule has 3 nitrogen and oxygen atoms in total. The molecule has 0 unspecified atom stereocenters. The van der Waals surface area contributed by atoms with E-state index in [4.69, 9.17) is 4.74 Å². The Labute approximate surface area is 91.0 Å². The van der Waals surface area contributed by atoms with Crippen LogP contribution in [0.2, 0.25) is 0 Å². The van der Waals surface area contributed by atoms with Crippen LogP contribution in [-0.2, 0) is 4.74 Å². The van der Waals surface area contributed by atoms with Gasteiger partial charge in [0.2, 0.25) is 0 Å². The summed E-state index contributed by atoms with van der Waals surface area (Å²) >= 11 is 0. The fraction of sp³-hybridized carbons (Fsp3) is 0.500. The van der Waals surface area contributed by atoms with Crippen molar-refractivity contribution in [1.82, 2.24) is 10.4 Å². The number of nitrogens with zero attached hydrogens (tertiary/aromatic N) is 1. The van der Waals surface area contributed by atoms with Crippen molar-refractivity contribution in [2.24, 2.45) is 0 Å². The third-order valence-corrected chi connectivity index (χ3v) is 2.97. The first-order chi connectivity index (χ1) is 7.33. The van der Waals surface area contributed by atoms with Crippen molar-refractivity contribution < 1.29 is 4.74 Å². The maximum Gasteiger partial charge on any atom is 0.0991 e. The summed E-state index contributed by atoms with van der Waals surface area (Å²) in [7, 11) is 1.96. The van der Waals surface area contributed by atoms with E-state index in [1.807, 2.05) is 13.1 Å². The van der Waals surface area contributed by atoms with Crippen molar-refractivity contribution in [1.29, 1.82) is 0 Å². The van der Waals surface area contributed by atoms with Crippen molar-refractivity contribution in [2.75, 3.05) is 20.2 Å². The quantitative estimate of drug-likeness (QED) is 0.795. The molecule has 2 atom stereocenters. The zero-order valence-corrected chi connectivity index (χ0v) is 9.31. The van der Waals surface area contributed by atoms with E-state index in [1.54, 1.807) is 0 Å². The zero-order chi connectivity index (χ0) is 10.7. The van der Waals surface area contributed by atoms with E-state index in [2.05, 4.69) is 41.6 Å². The van der Waals surface area contributed by atoms with Crippen LogP contribution in [0.4, 0.5) is 0 Å². The first kappa shape index (κ1) is 10.6. The normalized spacial score (nSPS) is 27.9. The van der Waals surface area contributed by atoms with Crippen LogP contribution in [-0.4, -0.2) is 31.3 Å². The highest BCUT2D eigenvalue weighted by Crippen LogP contribution is 2.26. The number of ether oxygens (including phenoxy) is 1. The Hall–Kier alpha value is -0.900. The van der Waals surface area contributed by atoms with Gasteiger partial charge in [-0.2, -0.15) is 0 Å². The van der Waals surface area contributed by atoms with Gasteiger partial charge in [0.15, 0.2) is 0 Å². The minimum Gasteiger partial charge on any atom is -0.370 e. The van der Waals surface area contributed by atoms with Crippen LogP contribution in [0.15, 0.2) is 30.3 Å². The van der Waals surface area contributed by atoms with Crippen LogP contribution in [0.3, 0.4) is 0 Å². The van der Waals surface area contributed by atoms with Crippen LogP contribution < -0.4 is 5.43 Å². The van der Waals surface area contributed by atoms with E-state index in [9.17, 15) is 0 Å². The molecular formula is C12H18N2O. The van der Waals surface area contributed by atoms with E-state index < -0.39 is 0 Å². The minimum absolute atomic E-state index is 0.174. The Kier molecular flexibility index (Phi) is 3.36. The van der Waals surface area contributed by atoms with Crippen LogP contribution >= 0.6 is 0 Å². The predicted molar refractivity (Wildman–Crippen MR) is 60.4 cm³/mol. The first-order valence-electron chi connectivity index (χ1n) is 5.43. The molecule has 3 heteroatoms. The van der Waals surface area contributed by atoms with Crippen molar-refractivity contribution in [3.63, 3.8) is 0 Å². The predicted octanol–water partition coefficient (Wildman–Crippen LogP) is 1.58. The topological polar surface area (TPSA) is 24.5 Å². The molecule has 1 aromatic carbocycles. The maximum absolute atomic E-state index is 5.83. The number of nitrogens with one attached hydrogen (secondary N) is 1. The Morgan fingerprint density at radius 3 is 2.73 bits per heavy atom. The second kappa shape index (κ2) is 4.75. The second-order valence-electron chi connectivity index (χ2n) is 3.86. The van der Waals surface area contributed by atoms with E-state index >= 15 is 0 Å². The number of benzene rings is 1. The molecule has 1 aliphatic heterocycles. The fourth-order valence-corrected chi connectivity index (χ4v) is 2.12. The molecule has 82 valence electrons. The standard InChI is InChI=1S/C12H18N2O/c1-10-12(11-6-4-3-5-7-11)15-9-8-14(10)13-2/h3-7,10,12-13H,8-9H2,1-2H3/t10-,12+/m1/s1. The van der Waals surface area contributed by atoms with Gasteiger partial charge >= 0.3 is 0 Å². The molecule has 1 aliphatic rings. The largest absolute Gasteiger partial charge is 0.370 e. The van der Waals surface area contributed by atoms with Crippen molar-refractivity contribution in [3.8, 4) is 0 Å². The molecule has 1 N–H and O–H groups in total. The summed E-state index contributed by atoms with van der Waals surface area (Å²) in [5.74, 6) is 0. The molecule has 0 aromatic heterocycles. The van der Waals surface area contributed by atoms with Gasteiger partial charge in [0, 0.05) is 6.54 Å². The van der Waals surface area contributed by atoms with Gasteiger partial charge in [-0.15, -0.1) is 0 Å². The lowest BCUT2D eigenvalue weighted by molar-refractivity contribution is -0.0835. The Morgan fingerprint density at radius 2 is 2.07 bits per heavy atom. The zero-order valence-electron chi connectivity index (χ0n) is 9.31. The fourth-order valence-electron chi connectivity index (χ4n) is 2.12. The average molecular weight is 206 g/mol. The highest BCUT2D eigenvalue weighted by Gasteiger charge is 2.28. The van der Waals surface area contributed by atoms with Gasteiger partial charge in [-0.25, -0.2) is 5.01 Å². The van der Waals surface area contributed by atoms with Gasteiger partial charge < -0.3 is 4.74 Å². The van der Waals surface area contributed by atoms with Gasteiger partial charge in [-0.05, 0) is 19.5 Å². The molecule has 15 heavy (non-hydrogen) atoms. The van der Waals surface area contributed by atoms with Gasteiger partial charge in [0.05, 0.1) is 18.8 Å². The van der Waals surface area contributed by atoms with E-state index in [0.29, 0.717) is 6.04 Å². The molecular weight excluding hydrogens is 188 g/mol. The van der Waals surface area contributed by atoms with Crippen LogP contribution in [0.25, 0.3) is 0 Å². The van der Waals surface area contributed by atoms with Gasteiger partial charge in [0.1, 0.15) is 0 Å². The summed E-state index contributed by atoms with van der Waals surface area (Å²) < 4.78 is 5.83. The lowest BCUT2D eigenvalue weighted by atomic mass is 10.0. The molecule has 0 radical (unpaired) electrons. The van der Waals surface area contributed by atoms with E-state index in [0.717, 1.165) is 13.2 Å². The first-order valence-corrected chi connectivity index (χ1v) is 5.43. The lowest BCUT2D eigenvalue weighted by Gasteiger charge is -2.38. The summed E-state index contributed by atoms with van der Waals surface area (Å²) in [4.78, 5) is 0. The molecule has 0 saturated carbocycles. The molecule has 0 amide bonds. The van der Waals surface area contributed by atoms with E-state index in [1.165, 1.54) is 5.56 Å². The third kappa shape index (κ3) is 2.20. The number of hydrogen-bond donors (Lipinski definition) is 1. The highest BCUT2D eigenvalue weighted by molar-refractivity contribution is 5.19. The lowest BCUT2D eigenvalue weighted by Crippen LogP contribution is -2.51. The van der Waals surface area contributed by atoms with Crippen molar-refractivity contribution in [3.05, 3.63) is 35.9 Å². The van der Waals surface area contributed by atoms with Crippen LogP contribution in [0.5, 0.6) is 0 Å². The molecule has 2 rings (SSSR count). The molecule has 0 spiro atoms. The highest BCUT2D eigenvalue weighted by atomic mass is 16.5. The minimum atomic E-state index is 0.174. The molecule has 1 heterocycles. The SMILES string of the molecule is CNN1CCO[C@H](c2ccccc2)[C@H]1C. The van der Waals surface area contributed by atoms with Crippen molar-refractivity contribution in [2.45, 2.75) is 19.1 Å². The van der Waals surface area contributed by atoms with Gasteiger partial charge in [0.25, 0.3) is 0 Å². The van der Waals surface area contributed by atoms with E-state index in [-0.39, 0.29) is 6.10 Å². The number of morpholine rings is 1. The molecule has 0 bridgehead atoms. The molecule has 1 fully saturated rings. The summed E-state index contributed by atoms with van der Waals surface area (Å²) in [5, 5.41) is 2.22. The summed E-state index contributed by atoms with van der Waals surface area (Å²) in [6.45, 7) is 3.92. The molecule has 0 aliphatic carbocycles. The average Bonchev–Trinajstić information content (AvgIpc) is 2.30. The monoisotopic (exact) mass is 206 g/mol. The van der Waals surface area contributed by atoms with Crippen LogP contribution in [0.1, 0.15) is 18.6 Å². The molecule has 1 saturated heterocycles. The maximum atomic E-state index is 5.83. The van der Waals surface area contributed by atoms with Crippen molar-refractivity contribution >= 4 is 0 Å². The second-order valence-corrected chi connectivity index (χ2v) is 3.86. The number of hydrazine groups is 1. The Bertz CT molecular complexity index is 302. The Morgan fingerprint density at radius 1 is 1.33 bits per heavy atom. The number of rotatable bonds is 2. The Balaban J connectivity index is 2.15. The smallest absolute Gasteiger partial charge is 0.0991 e. The number of hydrogen-bond acceptors (Lipinski definition) is 3. The van der Waals surface area contributed by atoms with Gasteiger partial charge in [-0.3, -0.25) is 5.43 Å². The van der Waals surface area contributed by atoms with Gasteiger partial charge in [-0.1, -0.05) is 30.3 Å². The molecule has 1 aromatic rings. The summed E-state index contributed by atoms with van der Waals surface area (Å²) in [6.07, 6.45) is 0.174. The van der Waals surface area contributed by atoms with Crippen LogP contribution in [0, 0.1) is 0 Å². The summed E-state index contributed by atoms with van der Waals surface area (Å²) in [6, 6.07) is 10.8.